The highest BCUT2D eigenvalue weighted by molar-refractivity contribution is 5.45. The molecule has 0 amide bonds. The van der Waals surface area contributed by atoms with E-state index in [1.54, 1.807) is 6.26 Å². The Morgan fingerprint density at radius 1 is 1.30 bits per heavy atom. The molecule has 2 rings (SSSR count). The van der Waals surface area contributed by atoms with Crippen LogP contribution in [-0.2, 0) is 17.8 Å². The molecule has 4 nitrogen and oxygen atoms in total. The summed E-state index contributed by atoms with van der Waals surface area (Å²) in [5, 5.41) is 13.1. The lowest BCUT2D eigenvalue weighted by Gasteiger charge is -2.13. The molecule has 1 atom stereocenters. The Morgan fingerprint density at radius 3 is 2.95 bits per heavy atom. The molecule has 4 heteroatoms. The largest absolute Gasteiger partial charge is 0.467 e. The minimum atomic E-state index is -0.546. The van der Waals surface area contributed by atoms with E-state index in [-0.39, 0.29) is 6.61 Å². The first-order chi connectivity index (χ1) is 9.78. The second-order valence-corrected chi connectivity index (χ2v) is 4.68. The van der Waals surface area contributed by atoms with Gasteiger partial charge in [-0.3, -0.25) is 0 Å². The monoisotopic (exact) mass is 275 g/mol. The van der Waals surface area contributed by atoms with E-state index < -0.39 is 6.10 Å². The number of rotatable bonds is 8. The smallest absolute Gasteiger partial charge is 0.129 e. The van der Waals surface area contributed by atoms with Gasteiger partial charge in [0.2, 0.25) is 0 Å². The lowest BCUT2D eigenvalue weighted by Crippen LogP contribution is -2.24. The van der Waals surface area contributed by atoms with Crippen LogP contribution in [0.1, 0.15) is 18.2 Å². The maximum Gasteiger partial charge on any atom is 0.129 e. The van der Waals surface area contributed by atoms with E-state index in [9.17, 15) is 5.11 Å². The van der Waals surface area contributed by atoms with Gasteiger partial charge < -0.3 is 19.6 Å². The van der Waals surface area contributed by atoms with Gasteiger partial charge in [-0.05, 0) is 36.2 Å². The summed E-state index contributed by atoms with van der Waals surface area (Å²) in [5.41, 5.74) is 2.30. The zero-order valence-electron chi connectivity index (χ0n) is 11.7. The topological polar surface area (TPSA) is 54.6 Å². The summed E-state index contributed by atoms with van der Waals surface area (Å²) in [6.45, 7) is 3.25. The zero-order chi connectivity index (χ0) is 14.2. The minimum Gasteiger partial charge on any atom is -0.467 e. The van der Waals surface area contributed by atoms with E-state index >= 15 is 0 Å². The number of furan rings is 1. The van der Waals surface area contributed by atoms with Gasteiger partial charge in [0.05, 0.1) is 19.0 Å². The van der Waals surface area contributed by atoms with Gasteiger partial charge in [-0.15, -0.1) is 0 Å². The molecule has 0 saturated carbocycles. The number of ether oxygens (including phenoxy) is 1. The third kappa shape index (κ3) is 4.72. The number of aliphatic hydroxyl groups is 1. The highest BCUT2D eigenvalue weighted by Gasteiger charge is 2.05. The second-order valence-electron chi connectivity index (χ2n) is 4.68. The number of benzene rings is 1. The number of aliphatic hydroxyl groups excluding tert-OH is 1. The van der Waals surface area contributed by atoms with E-state index in [1.165, 1.54) is 5.56 Å². The van der Waals surface area contributed by atoms with Crippen molar-refractivity contribution in [2.45, 2.75) is 26.1 Å². The maximum atomic E-state index is 9.85. The van der Waals surface area contributed by atoms with Gasteiger partial charge in [0.15, 0.2) is 0 Å². The van der Waals surface area contributed by atoms with Crippen molar-refractivity contribution in [2.75, 3.05) is 18.5 Å². The van der Waals surface area contributed by atoms with Crippen LogP contribution in [-0.4, -0.2) is 24.4 Å². The maximum absolute atomic E-state index is 9.85. The first kappa shape index (κ1) is 14.6. The summed E-state index contributed by atoms with van der Waals surface area (Å²) in [4.78, 5) is 0. The fourth-order valence-electron chi connectivity index (χ4n) is 1.89. The van der Waals surface area contributed by atoms with Crippen LogP contribution in [0.2, 0.25) is 0 Å². The zero-order valence-corrected chi connectivity index (χ0v) is 11.7. The lowest BCUT2D eigenvalue weighted by atomic mass is 10.1. The quantitative estimate of drug-likeness (QED) is 0.778. The molecule has 0 aliphatic rings. The average molecular weight is 275 g/mol. The summed E-state index contributed by atoms with van der Waals surface area (Å²) >= 11 is 0. The highest BCUT2D eigenvalue weighted by atomic mass is 16.5. The molecule has 1 unspecified atom stereocenters. The molecule has 20 heavy (non-hydrogen) atoms. The number of hydrogen-bond donors (Lipinski definition) is 2. The van der Waals surface area contributed by atoms with Crippen LogP contribution in [0.25, 0.3) is 0 Å². The van der Waals surface area contributed by atoms with Crippen molar-refractivity contribution in [1.82, 2.24) is 0 Å². The first-order valence-electron chi connectivity index (χ1n) is 6.89. The fraction of sp³-hybridized carbons (Fsp3) is 0.375. The van der Waals surface area contributed by atoms with Crippen LogP contribution in [0.3, 0.4) is 0 Å². The summed E-state index contributed by atoms with van der Waals surface area (Å²) in [6, 6.07) is 11.9. The predicted octanol–water partition coefficient (Wildman–Crippen LogP) is 2.83. The summed E-state index contributed by atoms with van der Waals surface area (Å²) in [5.74, 6) is 0.765. The van der Waals surface area contributed by atoms with Crippen molar-refractivity contribution < 1.29 is 14.3 Å². The average Bonchev–Trinajstić information content (AvgIpc) is 2.98. The molecule has 1 aromatic heterocycles. The molecule has 0 aliphatic heterocycles. The minimum absolute atomic E-state index is 0.279. The number of nitrogens with one attached hydrogen (secondary N) is 1. The van der Waals surface area contributed by atoms with Crippen LogP contribution in [0.4, 0.5) is 5.69 Å². The number of aryl methyl sites for hydroxylation is 1. The van der Waals surface area contributed by atoms with Gasteiger partial charge in [-0.1, -0.05) is 19.1 Å². The molecule has 0 fully saturated rings. The third-order valence-electron chi connectivity index (χ3n) is 3.01. The van der Waals surface area contributed by atoms with Gasteiger partial charge in [-0.25, -0.2) is 0 Å². The SMILES string of the molecule is CCc1cccc(NCC(O)COCc2ccco2)c1. The molecule has 0 spiro atoms. The summed E-state index contributed by atoms with van der Waals surface area (Å²) in [6.07, 6.45) is 2.07. The molecule has 0 bridgehead atoms. The van der Waals surface area contributed by atoms with Crippen molar-refractivity contribution in [1.29, 1.82) is 0 Å². The van der Waals surface area contributed by atoms with E-state index in [1.807, 2.05) is 24.3 Å². The highest BCUT2D eigenvalue weighted by Crippen LogP contribution is 2.11. The van der Waals surface area contributed by atoms with Gasteiger partial charge in [0.25, 0.3) is 0 Å². The van der Waals surface area contributed by atoms with Crippen LogP contribution < -0.4 is 5.32 Å². The molecule has 1 heterocycles. The Kier molecular flexibility index (Phi) is 5.65. The van der Waals surface area contributed by atoms with Crippen LogP contribution >= 0.6 is 0 Å². The van der Waals surface area contributed by atoms with Crippen molar-refractivity contribution >= 4 is 5.69 Å². The third-order valence-corrected chi connectivity index (χ3v) is 3.01. The molecular formula is C16H21NO3. The van der Waals surface area contributed by atoms with Gasteiger partial charge in [0.1, 0.15) is 12.4 Å². The summed E-state index contributed by atoms with van der Waals surface area (Å²) in [7, 11) is 0. The Bertz CT molecular complexity index is 496. The van der Waals surface area contributed by atoms with Crippen LogP contribution in [0.15, 0.2) is 47.1 Å². The second kappa shape index (κ2) is 7.72. The van der Waals surface area contributed by atoms with E-state index in [4.69, 9.17) is 9.15 Å². The van der Waals surface area contributed by atoms with E-state index in [2.05, 4.69) is 24.4 Å². The molecule has 2 N–H and O–H groups in total. The van der Waals surface area contributed by atoms with E-state index in [0.29, 0.717) is 13.2 Å². The Hall–Kier alpha value is -1.78. The number of anilines is 1. The van der Waals surface area contributed by atoms with Crippen molar-refractivity contribution in [3.05, 3.63) is 54.0 Å². The molecule has 1 aromatic carbocycles. The van der Waals surface area contributed by atoms with Crippen LogP contribution in [0, 0.1) is 0 Å². The predicted molar refractivity (Wildman–Crippen MR) is 78.7 cm³/mol. The van der Waals surface area contributed by atoms with Gasteiger partial charge >= 0.3 is 0 Å². The Morgan fingerprint density at radius 2 is 2.20 bits per heavy atom. The first-order valence-corrected chi connectivity index (χ1v) is 6.89. The van der Waals surface area contributed by atoms with Crippen molar-refractivity contribution in [2.24, 2.45) is 0 Å². The standard InChI is InChI=1S/C16H21NO3/c1-2-13-5-3-6-14(9-13)17-10-15(18)11-19-12-16-7-4-8-20-16/h3-9,15,17-18H,2,10-12H2,1H3. The van der Waals surface area contributed by atoms with E-state index in [0.717, 1.165) is 17.9 Å². The normalized spacial score (nSPS) is 12.3. The van der Waals surface area contributed by atoms with Crippen molar-refractivity contribution in [3.8, 4) is 0 Å². The lowest BCUT2D eigenvalue weighted by molar-refractivity contribution is 0.0282. The Labute approximate surface area is 119 Å². The molecule has 108 valence electrons. The summed E-state index contributed by atoms with van der Waals surface area (Å²) < 4.78 is 10.5. The fourth-order valence-corrected chi connectivity index (χ4v) is 1.89. The molecule has 0 radical (unpaired) electrons. The molecular weight excluding hydrogens is 254 g/mol. The molecule has 2 aromatic rings. The van der Waals surface area contributed by atoms with Gasteiger partial charge in [-0.2, -0.15) is 0 Å². The molecule has 0 saturated heterocycles. The molecule has 0 aliphatic carbocycles. The van der Waals surface area contributed by atoms with Gasteiger partial charge in [0, 0.05) is 12.2 Å². The van der Waals surface area contributed by atoms with Crippen molar-refractivity contribution in [3.63, 3.8) is 0 Å². The Balaban J connectivity index is 1.67. The number of hydrogen-bond acceptors (Lipinski definition) is 4. The van der Waals surface area contributed by atoms with Crippen LogP contribution in [0.5, 0.6) is 0 Å².